The van der Waals surface area contributed by atoms with Crippen LogP contribution in [0.4, 0.5) is 0 Å². The quantitative estimate of drug-likeness (QED) is 0.561. The van der Waals surface area contributed by atoms with Crippen LogP contribution in [-0.4, -0.2) is 26.4 Å². The van der Waals surface area contributed by atoms with Gasteiger partial charge < -0.3 is 9.88 Å². The molecule has 0 bridgehead atoms. The number of carbonyl (C=O) groups is 1. The Hall–Kier alpha value is -2.31. The lowest BCUT2D eigenvalue weighted by Gasteiger charge is -2.10. The van der Waals surface area contributed by atoms with Gasteiger partial charge in [0.05, 0.1) is 12.3 Å². The minimum Gasteiger partial charge on any atom is -0.351 e. The Kier molecular flexibility index (Phi) is 5.98. The number of benzene rings is 2. The van der Waals surface area contributed by atoms with Crippen LogP contribution in [-0.2, 0) is 17.9 Å². The molecule has 0 unspecified atom stereocenters. The number of thioether (sulfide) groups is 1. The highest BCUT2D eigenvalue weighted by Gasteiger charge is 2.30. The van der Waals surface area contributed by atoms with E-state index in [0.717, 1.165) is 23.1 Å². The SMILES string of the molecule is O=C(CSc1nnc(C2CC2)n1Cc1ccccc1)NCc1ccc(Cl)cc1. The van der Waals surface area contributed by atoms with E-state index in [1.54, 1.807) is 0 Å². The summed E-state index contributed by atoms with van der Waals surface area (Å²) in [6.45, 7) is 1.22. The highest BCUT2D eigenvalue weighted by atomic mass is 35.5. The van der Waals surface area contributed by atoms with Gasteiger partial charge in [0.15, 0.2) is 5.16 Å². The molecule has 7 heteroatoms. The maximum atomic E-state index is 12.3. The molecule has 5 nitrogen and oxygen atoms in total. The van der Waals surface area contributed by atoms with E-state index in [1.807, 2.05) is 42.5 Å². The molecule has 1 aromatic heterocycles. The van der Waals surface area contributed by atoms with E-state index >= 15 is 0 Å². The summed E-state index contributed by atoms with van der Waals surface area (Å²) in [5.74, 6) is 1.82. The van der Waals surface area contributed by atoms with Crippen LogP contribution in [0.5, 0.6) is 0 Å². The maximum absolute atomic E-state index is 12.3. The van der Waals surface area contributed by atoms with Crippen LogP contribution < -0.4 is 5.32 Å². The highest BCUT2D eigenvalue weighted by Crippen LogP contribution is 2.40. The standard InChI is InChI=1S/C21H21ClN4OS/c22-18-10-6-15(7-11-18)12-23-19(27)14-28-21-25-24-20(17-8-9-17)26(21)13-16-4-2-1-3-5-16/h1-7,10-11,17H,8-9,12-14H2,(H,23,27). The fourth-order valence-electron chi connectivity index (χ4n) is 2.95. The molecule has 0 aliphatic heterocycles. The van der Waals surface area contributed by atoms with E-state index in [4.69, 9.17) is 11.6 Å². The van der Waals surface area contributed by atoms with Crippen molar-refractivity contribution in [1.82, 2.24) is 20.1 Å². The van der Waals surface area contributed by atoms with Crippen LogP contribution in [0, 0.1) is 0 Å². The van der Waals surface area contributed by atoms with Gasteiger partial charge in [-0.25, -0.2) is 0 Å². The fourth-order valence-corrected chi connectivity index (χ4v) is 3.85. The molecule has 4 rings (SSSR count). The summed E-state index contributed by atoms with van der Waals surface area (Å²) in [5, 5.41) is 13.2. The van der Waals surface area contributed by atoms with Crippen LogP contribution in [0.25, 0.3) is 0 Å². The predicted molar refractivity (Wildman–Crippen MR) is 112 cm³/mol. The largest absolute Gasteiger partial charge is 0.351 e. The number of hydrogen-bond acceptors (Lipinski definition) is 4. The molecule has 0 saturated heterocycles. The lowest BCUT2D eigenvalue weighted by Crippen LogP contribution is -2.24. The van der Waals surface area contributed by atoms with Gasteiger partial charge in [-0.3, -0.25) is 4.79 Å². The maximum Gasteiger partial charge on any atom is 0.230 e. The van der Waals surface area contributed by atoms with Crippen molar-refractivity contribution in [1.29, 1.82) is 0 Å². The van der Waals surface area contributed by atoms with Crippen molar-refractivity contribution in [2.75, 3.05) is 5.75 Å². The molecule has 1 fully saturated rings. The van der Waals surface area contributed by atoms with Crippen LogP contribution in [0.1, 0.15) is 35.7 Å². The summed E-state index contributed by atoms with van der Waals surface area (Å²) in [7, 11) is 0. The smallest absolute Gasteiger partial charge is 0.230 e. The van der Waals surface area contributed by atoms with Gasteiger partial charge in [-0.2, -0.15) is 0 Å². The molecule has 2 aromatic carbocycles. The number of amides is 1. The molecular weight excluding hydrogens is 392 g/mol. The zero-order valence-corrected chi connectivity index (χ0v) is 16.9. The number of rotatable bonds is 8. The molecule has 144 valence electrons. The summed E-state index contributed by atoms with van der Waals surface area (Å²) in [6, 6.07) is 17.8. The van der Waals surface area contributed by atoms with Gasteiger partial charge in [-0.1, -0.05) is 65.8 Å². The van der Waals surface area contributed by atoms with Gasteiger partial charge in [0.1, 0.15) is 5.82 Å². The first kappa shape index (κ1) is 19.0. The Balaban J connectivity index is 1.37. The number of halogens is 1. The van der Waals surface area contributed by atoms with Crippen LogP contribution >= 0.6 is 23.4 Å². The van der Waals surface area contributed by atoms with Crippen LogP contribution in [0.15, 0.2) is 59.8 Å². The Labute approximate surface area is 173 Å². The van der Waals surface area contributed by atoms with E-state index in [9.17, 15) is 4.79 Å². The summed E-state index contributed by atoms with van der Waals surface area (Å²) in [6.07, 6.45) is 2.33. The molecule has 0 radical (unpaired) electrons. The second-order valence-corrected chi connectivity index (χ2v) is 8.26. The molecule has 1 N–H and O–H groups in total. The van der Waals surface area contributed by atoms with Crippen LogP contribution in [0.3, 0.4) is 0 Å². The molecule has 1 heterocycles. The molecule has 3 aromatic rings. The average Bonchev–Trinajstić information content (AvgIpc) is 3.48. The van der Waals surface area contributed by atoms with E-state index in [1.165, 1.54) is 30.2 Å². The minimum atomic E-state index is -0.0258. The zero-order valence-electron chi connectivity index (χ0n) is 15.3. The summed E-state index contributed by atoms with van der Waals surface area (Å²) >= 11 is 7.32. The van der Waals surface area contributed by atoms with E-state index in [-0.39, 0.29) is 5.91 Å². The lowest BCUT2D eigenvalue weighted by molar-refractivity contribution is -0.118. The Morgan fingerprint density at radius 1 is 1.07 bits per heavy atom. The number of nitrogens with one attached hydrogen (secondary N) is 1. The third-order valence-electron chi connectivity index (χ3n) is 4.61. The van der Waals surface area contributed by atoms with Crippen LogP contribution in [0.2, 0.25) is 5.02 Å². The molecule has 1 saturated carbocycles. The van der Waals surface area contributed by atoms with Gasteiger partial charge in [0.25, 0.3) is 0 Å². The summed E-state index contributed by atoms with van der Waals surface area (Å²) in [4.78, 5) is 12.3. The minimum absolute atomic E-state index is 0.0258. The number of nitrogens with zero attached hydrogens (tertiary/aromatic N) is 3. The molecular formula is C21H21ClN4OS. The van der Waals surface area contributed by atoms with E-state index < -0.39 is 0 Å². The molecule has 1 aliphatic rings. The van der Waals surface area contributed by atoms with Crippen molar-refractivity contribution in [3.63, 3.8) is 0 Å². The van der Waals surface area contributed by atoms with Gasteiger partial charge in [-0.05, 0) is 36.1 Å². The van der Waals surface area contributed by atoms with E-state index in [0.29, 0.717) is 23.2 Å². The molecule has 0 atom stereocenters. The third-order valence-corrected chi connectivity index (χ3v) is 5.83. The Bertz CT molecular complexity index is 939. The molecule has 1 aliphatic carbocycles. The topological polar surface area (TPSA) is 59.8 Å². The van der Waals surface area contributed by atoms with Crippen molar-refractivity contribution in [3.05, 3.63) is 76.6 Å². The van der Waals surface area contributed by atoms with Crippen molar-refractivity contribution >= 4 is 29.3 Å². The zero-order chi connectivity index (χ0) is 19.3. The van der Waals surface area contributed by atoms with Crippen molar-refractivity contribution < 1.29 is 4.79 Å². The Morgan fingerprint density at radius 2 is 1.82 bits per heavy atom. The fraction of sp³-hybridized carbons (Fsp3) is 0.286. The summed E-state index contributed by atoms with van der Waals surface area (Å²) in [5.41, 5.74) is 2.23. The second-order valence-electron chi connectivity index (χ2n) is 6.88. The van der Waals surface area contributed by atoms with Gasteiger partial charge in [-0.15, -0.1) is 10.2 Å². The van der Waals surface area contributed by atoms with Gasteiger partial charge >= 0.3 is 0 Å². The number of carbonyl (C=O) groups excluding carboxylic acids is 1. The van der Waals surface area contributed by atoms with E-state index in [2.05, 4.69) is 32.2 Å². The summed E-state index contributed by atoms with van der Waals surface area (Å²) < 4.78 is 2.16. The Morgan fingerprint density at radius 3 is 2.54 bits per heavy atom. The first-order chi connectivity index (χ1) is 13.7. The van der Waals surface area contributed by atoms with Gasteiger partial charge in [0, 0.05) is 17.5 Å². The van der Waals surface area contributed by atoms with Crippen molar-refractivity contribution in [2.24, 2.45) is 0 Å². The first-order valence-corrected chi connectivity index (χ1v) is 10.7. The molecule has 1 amide bonds. The molecule has 0 spiro atoms. The highest BCUT2D eigenvalue weighted by molar-refractivity contribution is 7.99. The first-order valence-electron chi connectivity index (χ1n) is 9.30. The van der Waals surface area contributed by atoms with Crippen molar-refractivity contribution in [3.8, 4) is 0 Å². The van der Waals surface area contributed by atoms with Crippen molar-refractivity contribution in [2.45, 2.75) is 37.0 Å². The predicted octanol–water partition coefficient (Wildman–Crippen LogP) is 4.27. The average molecular weight is 413 g/mol. The third kappa shape index (κ3) is 4.94. The number of hydrogen-bond donors (Lipinski definition) is 1. The number of aromatic nitrogens is 3. The monoisotopic (exact) mass is 412 g/mol. The normalized spacial score (nSPS) is 13.5. The second kappa shape index (κ2) is 8.80. The van der Waals surface area contributed by atoms with Gasteiger partial charge in [0.2, 0.25) is 5.91 Å². The molecule has 28 heavy (non-hydrogen) atoms. The lowest BCUT2D eigenvalue weighted by atomic mass is 10.2.